The first-order valence-electron chi connectivity index (χ1n) is 10.00. The second-order valence-corrected chi connectivity index (χ2v) is 7.28. The molecule has 1 saturated heterocycles. The molecule has 0 aromatic heterocycles. The van der Waals surface area contributed by atoms with Crippen LogP contribution >= 0.6 is 0 Å². The van der Waals surface area contributed by atoms with Gasteiger partial charge in [-0.15, -0.1) is 0 Å². The van der Waals surface area contributed by atoms with Crippen molar-refractivity contribution < 1.29 is 24.0 Å². The van der Waals surface area contributed by atoms with Crippen molar-refractivity contribution in [1.29, 1.82) is 0 Å². The van der Waals surface area contributed by atoms with Gasteiger partial charge in [0.1, 0.15) is 0 Å². The van der Waals surface area contributed by atoms with Crippen LogP contribution in [0.1, 0.15) is 25.5 Å². The molecule has 0 bridgehead atoms. The van der Waals surface area contributed by atoms with Gasteiger partial charge >= 0.3 is 12.0 Å². The Morgan fingerprint density at radius 2 is 1.84 bits per heavy atom. The molecule has 1 atom stereocenters. The van der Waals surface area contributed by atoms with Gasteiger partial charge in [-0.25, -0.2) is 9.59 Å². The number of benzene rings is 1. The standard InChI is InChI=1S/C20H25N5O6/c1-3-31-19(27)17-16(12-23-8-10-24(11-9-23)13(2)26)21-20(28)22-18(17)14-4-6-15(7-5-14)25(29)30/h4-7,18H,3,8-12H2,1-2H3,(H2,21,22,28)/t18-/m1/s1. The molecule has 0 unspecified atom stereocenters. The highest BCUT2D eigenvalue weighted by Crippen LogP contribution is 2.29. The number of nitrogens with zero attached hydrogens (tertiary/aromatic N) is 3. The highest BCUT2D eigenvalue weighted by Gasteiger charge is 2.35. The third-order valence-electron chi connectivity index (χ3n) is 5.29. The van der Waals surface area contributed by atoms with Gasteiger partial charge in [-0.1, -0.05) is 0 Å². The Labute approximate surface area is 179 Å². The molecule has 1 aromatic rings. The summed E-state index contributed by atoms with van der Waals surface area (Å²) in [5.41, 5.74) is 1.11. The van der Waals surface area contributed by atoms with Gasteiger partial charge in [0.25, 0.3) is 5.69 Å². The van der Waals surface area contributed by atoms with Crippen molar-refractivity contribution in [3.05, 3.63) is 51.2 Å². The largest absolute Gasteiger partial charge is 0.463 e. The Kier molecular flexibility index (Phi) is 6.85. The molecule has 1 aromatic carbocycles. The van der Waals surface area contributed by atoms with Gasteiger partial charge in [-0.2, -0.15) is 0 Å². The maximum absolute atomic E-state index is 12.8. The van der Waals surface area contributed by atoms with Gasteiger partial charge in [-0.3, -0.25) is 19.8 Å². The van der Waals surface area contributed by atoms with Crippen molar-refractivity contribution in [3.8, 4) is 0 Å². The Balaban J connectivity index is 1.90. The van der Waals surface area contributed by atoms with Crippen LogP contribution in [0.25, 0.3) is 0 Å². The molecular weight excluding hydrogens is 406 g/mol. The van der Waals surface area contributed by atoms with Crippen molar-refractivity contribution >= 4 is 23.6 Å². The quantitative estimate of drug-likeness (QED) is 0.389. The fourth-order valence-corrected chi connectivity index (χ4v) is 3.68. The molecular formula is C20H25N5O6. The predicted octanol–water partition coefficient (Wildman–Crippen LogP) is 0.930. The predicted molar refractivity (Wildman–Crippen MR) is 110 cm³/mol. The number of nitro benzene ring substituents is 1. The molecule has 0 radical (unpaired) electrons. The Hall–Kier alpha value is -3.47. The molecule has 1 fully saturated rings. The fraction of sp³-hybridized carbons (Fsp3) is 0.450. The summed E-state index contributed by atoms with van der Waals surface area (Å²) in [6.45, 7) is 6.01. The highest BCUT2D eigenvalue weighted by molar-refractivity contribution is 5.95. The van der Waals surface area contributed by atoms with E-state index in [0.29, 0.717) is 44.0 Å². The SMILES string of the molecule is CCOC(=O)C1=C(CN2CCN(C(C)=O)CC2)NC(=O)N[C@@H]1c1ccc([N+](=O)[O-])cc1. The molecule has 3 amide bonds. The average molecular weight is 431 g/mol. The minimum Gasteiger partial charge on any atom is -0.463 e. The zero-order valence-corrected chi connectivity index (χ0v) is 17.4. The van der Waals surface area contributed by atoms with E-state index in [1.165, 1.54) is 31.2 Å². The number of piperazine rings is 1. The second-order valence-electron chi connectivity index (χ2n) is 7.28. The fourth-order valence-electron chi connectivity index (χ4n) is 3.68. The minimum atomic E-state index is -0.804. The van der Waals surface area contributed by atoms with E-state index in [1.807, 2.05) is 4.90 Å². The minimum absolute atomic E-state index is 0.0134. The molecule has 2 aliphatic rings. The monoisotopic (exact) mass is 431 g/mol. The van der Waals surface area contributed by atoms with E-state index in [4.69, 9.17) is 4.74 Å². The molecule has 11 heteroatoms. The Morgan fingerprint density at radius 1 is 1.19 bits per heavy atom. The topological polar surface area (TPSA) is 134 Å². The normalized spacial score (nSPS) is 19.5. The summed E-state index contributed by atoms with van der Waals surface area (Å²) in [7, 11) is 0. The summed E-state index contributed by atoms with van der Waals surface area (Å²) in [5.74, 6) is -0.560. The Morgan fingerprint density at radius 3 is 2.39 bits per heavy atom. The smallest absolute Gasteiger partial charge is 0.338 e. The van der Waals surface area contributed by atoms with Gasteiger partial charge < -0.3 is 20.3 Å². The number of nitrogens with one attached hydrogen (secondary N) is 2. The number of carbonyl (C=O) groups is 3. The summed E-state index contributed by atoms with van der Waals surface area (Å²) in [4.78, 5) is 50.9. The van der Waals surface area contributed by atoms with Crippen LogP contribution in [0.5, 0.6) is 0 Å². The van der Waals surface area contributed by atoms with Gasteiger partial charge in [-0.05, 0) is 24.6 Å². The number of non-ortho nitro benzene ring substituents is 1. The number of nitro groups is 1. The molecule has 0 aliphatic carbocycles. The van der Waals surface area contributed by atoms with Crippen LogP contribution in [0.3, 0.4) is 0 Å². The summed E-state index contributed by atoms with van der Waals surface area (Å²) in [6, 6.07) is 4.39. The lowest BCUT2D eigenvalue weighted by Gasteiger charge is -2.36. The van der Waals surface area contributed by atoms with Crippen LogP contribution in [-0.4, -0.2) is 72.0 Å². The summed E-state index contributed by atoms with van der Waals surface area (Å²) in [6.07, 6.45) is 0. The van der Waals surface area contributed by atoms with Crippen molar-refractivity contribution in [1.82, 2.24) is 20.4 Å². The van der Waals surface area contributed by atoms with Crippen LogP contribution in [-0.2, 0) is 14.3 Å². The molecule has 2 aliphatic heterocycles. The molecule has 31 heavy (non-hydrogen) atoms. The van der Waals surface area contributed by atoms with E-state index in [0.717, 1.165) is 0 Å². The lowest BCUT2D eigenvalue weighted by molar-refractivity contribution is -0.384. The summed E-state index contributed by atoms with van der Waals surface area (Å²) < 4.78 is 5.23. The van der Waals surface area contributed by atoms with Crippen LogP contribution in [0.4, 0.5) is 10.5 Å². The molecule has 2 heterocycles. The molecule has 166 valence electrons. The number of rotatable bonds is 6. The second kappa shape index (κ2) is 9.56. The zero-order chi connectivity index (χ0) is 22.5. The van der Waals surface area contributed by atoms with Crippen molar-refractivity contribution in [2.24, 2.45) is 0 Å². The number of amides is 3. The van der Waals surface area contributed by atoms with Crippen LogP contribution in [0.2, 0.25) is 0 Å². The van der Waals surface area contributed by atoms with Crippen LogP contribution in [0.15, 0.2) is 35.5 Å². The lowest BCUT2D eigenvalue weighted by Crippen LogP contribution is -2.52. The van der Waals surface area contributed by atoms with Gasteiger partial charge in [0.15, 0.2) is 0 Å². The Bertz CT molecular complexity index is 905. The van der Waals surface area contributed by atoms with E-state index >= 15 is 0 Å². The van der Waals surface area contributed by atoms with Crippen LogP contribution in [0, 0.1) is 10.1 Å². The number of carbonyl (C=O) groups excluding carboxylic acids is 3. The van der Waals surface area contributed by atoms with E-state index in [1.54, 1.807) is 11.8 Å². The van der Waals surface area contributed by atoms with Crippen LogP contribution < -0.4 is 10.6 Å². The third kappa shape index (κ3) is 5.18. The van der Waals surface area contributed by atoms with Gasteiger partial charge in [0.05, 0.1) is 23.1 Å². The summed E-state index contributed by atoms with van der Waals surface area (Å²) in [5, 5.41) is 16.4. The number of urea groups is 1. The van der Waals surface area contributed by atoms with Gasteiger partial charge in [0, 0.05) is 57.5 Å². The van der Waals surface area contributed by atoms with Gasteiger partial charge in [0.2, 0.25) is 5.91 Å². The van der Waals surface area contributed by atoms with E-state index in [9.17, 15) is 24.5 Å². The molecule has 0 saturated carbocycles. The van der Waals surface area contributed by atoms with E-state index in [-0.39, 0.29) is 23.8 Å². The number of ether oxygens (including phenoxy) is 1. The zero-order valence-electron chi connectivity index (χ0n) is 17.4. The van der Waals surface area contributed by atoms with E-state index < -0.39 is 23.0 Å². The lowest BCUT2D eigenvalue weighted by atomic mass is 9.94. The number of hydrogen-bond acceptors (Lipinski definition) is 7. The van der Waals surface area contributed by atoms with Crippen molar-refractivity contribution in [2.45, 2.75) is 19.9 Å². The number of esters is 1. The maximum Gasteiger partial charge on any atom is 0.338 e. The molecule has 3 rings (SSSR count). The third-order valence-corrected chi connectivity index (χ3v) is 5.29. The molecule has 11 nitrogen and oxygen atoms in total. The van der Waals surface area contributed by atoms with Crippen molar-refractivity contribution in [2.75, 3.05) is 39.3 Å². The highest BCUT2D eigenvalue weighted by atomic mass is 16.6. The number of hydrogen-bond donors (Lipinski definition) is 2. The average Bonchev–Trinajstić information content (AvgIpc) is 2.74. The summed E-state index contributed by atoms with van der Waals surface area (Å²) >= 11 is 0. The van der Waals surface area contributed by atoms with E-state index in [2.05, 4.69) is 10.6 Å². The molecule has 0 spiro atoms. The maximum atomic E-state index is 12.8. The first-order valence-corrected chi connectivity index (χ1v) is 10.00. The van der Waals surface area contributed by atoms with Crippen molar-refractivity contribution in [3.63, 3.8) is 0 Å². The first kappa shape index (κ1) is 22.2. The molecule has 2 N–H and O–H groups in total. The first-order chi connectivity index (χ1) is 14.8.